The molecule has 1 aliphatic heterocycles. The van der Waals surface area contributed by atoms with Gasteiger partial charge >= 0.3 is 0 Å². The molecule has 1 saturated heterocycles. The van der Waals surface area contributed by atoms with Crippen LogP contribution in [0, 0.1) is 0 Å². The molecule has 248 valence electrons. The van der Waals surface area contributed by atoms with Crippen molar-refractivity contribution < 1.29 is 23.0 Å². The van der Waals surface area contributed by atoms with Crippen LogP contribution >= 0.6 is 0 Å². The standard InChI is InChI=1S/C39H41N3O5S/c1-42(22-20-35-13-5-6-21-40-35)27-36-25-38(31-18-16-29(28-43)17-19-31)47-39(46-36)34-12-8-11-33(24-34)32-10-7-9-30(23-32)26-41-48(44,45)37-14-3-2-4-15-37/h2-19,21,23-24,36,38-39,41,43H,20,22,25-28H2,1H3/t36-,38+,39+/m0/s1. The van der Waals surface area contributed by atoms with Crippen molar-refractivity contribution in [3.8, 4) is 11.1 Å². The Kier molecular flexibility index (Phi) is 11.1. The van der Waals surface area contributed by atoms with Crippen LogP contribution in [0.2, 0.25) is 0 Å². The minimum Gasteiger partial charge on any atom is -0.392 e. The Bertz CT molecular complexity index is 1870. The summed E-state index contributed by atoms with van der Waals surface area (Å²) in [5.74, 6) is 0. The lowest BCUT2D eigenvalue weighted by Gasteiger charge is -2.38. The van der Waals surface area contributed by atoms with E-state index >= 15 is 0 Å². The largest absolute Gasteiger partial charge is 0.392 e. The molecule has 0 unspecified atom stereocenters. The summed E-state index contributed by atoms with van der Waals surface area (Å²) in [5.41, 5.74) is 6.66. The quantitative estimate of drug-likeness (QED) is 0.150. The molecule has 6 rings (SSSR count). The summed E-state index contributed by atoms with van der Waals surface area (Å²) in [6.45, 7) is 1.75. The number of hydrogen-bond acceptors (Lipinski definition) is 7. The summed E-state index contributed by atoms with van der Waals surface area (Å²) in [7, 11) is -1.52. The van der Waals surface area contributed by atoms with Crippen LogP contribution in [0.25, 0.3) is 11.1 Å². The van der Waals surface area contributed by atoms with E-state index in [1.807, 2.05) is 91.1 Å². The summed E-state index contributed by atoms with van der Waals surface area (Å²) in [6.07, 6.45) is 2.52. The van der Waals surface area contributed by atoms with Crippen LogP contribution < -0.4 is 4.72 Å². The number of likely N-dealkylation sites (N-methyl/N-ethyl adjacent to an activating group) is 1. The van der Waals surface area contributed by atoms with E-state index in [2.05, 4.69) is 27.7 Å². The molecule has 0 saturated carbocycles. The third-order valence-corrected chi connectivity index (χ3v) is 9.96. The minimum atomic E-state index is -3.62. The first-order valence-electron chi connectivity index (χ1n) is 16.2. The van der Waals surface area contributed by atoms with E-state index in [-0.39, 0.29) is 30.3 Å². The molecule has 2 heterocycles. The van der Waals surface area contributed by atoms with Crippen molar-refractivity contribution in [2.45, 2.75) is 49.4 Å². The summed E-state index contributed by atoms with van der Waals surface area (Å²) in [5, 5.41) is 9.56. The fourth-order valence-electron chi connectivity index (χ4n) is 5.91. The van der Waals surface area contributed by atoms with E-state index in [9.17, 15) is 13.5 Å². The molecular weight excluding hydrogens is 623 g/mol. The Morgan fingerprint density at radius 1 is 0.812 bits per heavy atom. The number of hydrogen-bond donors (Lipinski definition) is 2. The number of aliphatic hydroxyl groups excluding tert-OH is 1. The van der Waals surface area contributed by atoms with Crippen LogP contribution in [-0.2, 0) is 39.1 Å². The molecule has 1 aliphatic rings. The lowest BCUT2D eigenvalue weighted by molar-refractivity contribution is -0.252. The van der Waals surface area contributed by atoms with Crippen LogP contribution in [0.1, 0.15) is 46.8 Å². The maximum Gasteiger partial charge on any atom is 0.240 e. The highest BCUT2D eigenvalue weighted by atomic mass is 32.2. The third-order valence-electron chi connectivity index (χ3n) is 8.55. The summed E-state index contributed by atoms with van der Waals surface area (Å²) in [4.78, 5) is 6.98. The van der Waals surface area contributed by atoms with E-state index in [1.165, 1.54) is 0 Å². The van der Waals surface area contributed by atoms with Crippen molar-refractivity contribution in [1.82, 2.24) is 14.6 Å². The van der Waals surface area contributed by atoms with Crippen LogP contribution in [0.3, 0.4) is 0 Å². The molecular formula is C39H41N3O5S. The van der Waals surface area contributed by atoms with Gasteiger partial charge in [-0.15, -0.1) is 0 Å². The van der Waals surface area contributed by atoms with Crippen molar-refractivity contribution >= 4 is 10.0 Å². The molecule has 0 amide bonds. The molecule has 1 fully saturated rings. The minimum absolute atomic E-state index is 0.00583. The zero-order valence-corrected chi connectivity index (χ0v) is 27.8. The van der Waals surface area contributed by atoms with Gasteiger partial charge in [0.1, 0.15) is 0 Å². The number of benzene rings is 4. The number of ether oxygens (including phenoxy) is 2. The Hall–Kier alpha value is -4.22. The monoisotopic (exact) mass is 663 g/mol. The predicted molar refractivity (Wildman–Crippen MR) is 186 cm³/mol. The molecule has 8 nitrogen and oxygen atoms in total. The van der Waals surface area contributed by atoms with Gasteiger partial charge in [0.25, 0.3) is 0 Å². The van der Waals surface area contributed by atoms with Gasteiger partial charge in [0, 0.05) is 49.9 Å². The third kappa shape index (κ3) is 8.82. The fraction of sp³-hybridized carbons (Fsp3) is 0.256. The lowest BCUT2D eigenvalue weighted by atomic mass is 9.98. The van der Waals surface area contributed by atoms with Gasteiger partial charge < -0.3 is 19.5 Å². The fourth-order valence-corrected chi connectivity index (χ4v) is 6.95. The van der Waals surface area contributed by atoms with E-state index in [4.69, 9.17) is 9.47 Å². The topological polar surface area (TPSA) is 101 Å². The molecule has 2 N–H and O–H groups in total. The second-order valence-electron chi connectivity index (χ2n) is 12.1. The second kappa shape index (κ2) is 15.8. The molecule has 3 atom stereocenters. The van der Waals surface area contributed by atoms with Gasteiger partial charge in [0.2, 0.25) is 10.0 Å². The van der Waals surface area contributed by atoms with Crippen molar-refractivity contribution in [2.75, 3.05) is 20.1 Å². The number of aliphatic hydroxyl groups is 1. The Balaban J connectivity index is 1.19. The normalized spacial score (nSPS) is 18.2. The van der Waals surface area contributed by atoms with Crippen LogP contribution in [0.4, 0.5) is 0 Å². The van der Waals surface area contributed by atoms with Gasteiger partial charge in [-0.05, 0) is 71.3 Å². The van der Waals surface area contributed by atoms with E-state index in [0.717, 1.165) is 58.6 Å². The van der Waals surface area contributed by atoms with E-state index in [0.29, 0.717) is 6.42 Å². The molecule has 9 heteroatoms. The van der Waals surface area contributed by atoms with Gasteiger partial charge in [-0.1, -0.05) is 84.9 Å². The Morgan fingerprint density at radius 2 is 1.56 bits per heavy atom. The van der Waals surface area contributed by atoms with Crippen molar-refractivity contribution in [3.05, 3.63) is 155 Å². The van der Waals surface area contributed by atoms with Crippen molar-refractivity contribution in [2.24, 2.45) is 0 Å². The van der Waals surface area contributed by atoms with E-state index in [1.54, 1.807) is 30.3 Å². The molecule has 0 spiro atoms. The smallest absolute Gasteiger partial charge is 0.240 e. The maximum absolute atomic E-state index is 12.8. The first-order chi connectivity index (χ1) is 23.4. The zero-order chi connectivity index (χ0) is 33.3. The van der Waals surface area contributed by atoms with Gasteiger partial charge in [-0.25, -0.2) is 13.1 Å². The second-order valence-corrected chi connectivity index (χ2v) is 13.9. The first kappa shape index (κ1) is 33.7. The number of aromatic nitrogens is 1. The number of pyridine rings is 1. The molecule has 0 aliphatic carbocycles. The maximum atomic E-state index is 12.8. The SMILES string of the molecule is CN(CCc1ccccn1)C[C@@H]1C[C@H](c2ccc(CO)cc2)O[C@H](c2cccc(-c3cccc(CNS(=O)(=O)c4ccccc4)c3)c2)O1. The summed E-state index contributed by atoms with van der Waals surface area (Å²) >= 11 is 0. The Labute approximate surface area is 283 Å². The highest BCUT2D eigenvalue weighted by Crippen LogP contribution is 2.39. The number of nitrogens with zero attached hydrogens (tertiary/aromatic N) is 2. The summed E-state index contributed by atoms with van der Waals surface area (Å²) in [6, 6.07) is 38.3. The highest BCUT2D eigenvalue weighted by molar-refractivity contribution is 7.89. The zero-order valence-electron chi connectivity index (χ0n) is 27.0. The van der Waals surface area contributed by atoms with Gasteiger partial charge in [0.15, 0.2) is 6.29 Å². The number of sulfonamides is 1. The Morgan fingerprint density at radius 3 is 2.31 bits per heavy atom. The van der Waals surface area contributed by atoms with Gasteiger partial charge in [0.05, 0.1) is 23.7 Å². The van der Waals surface area contributed by atoms with Crippen molar-refractivity contribution in [1.29, 1.82) is 0 Å². The first-order valence-corrected chi connectivity index (χ1v) is 17.7. The highest BCUT2D eigenvalue weighted by Gasteiger charge is 2.33. The molecule has 4 aromatic carbocycles. The van der Waals surface area contributed by atoms with E-state index < -0.39 is 16.3 Å². The lowest BCUT2D eigenvalue weighted by Crippen LogP contribution is -2.38. The van der Waals surface area contributed by atoms with Crippen molar-refractivity contribution in [3.63, 3.8) is 0 Å². The molecule has 5 aromatic rings. The van der Waals surface area contributed by atoms with Crippen LogP contribution in [0.15, 0.2) is 132 Å². The molecule has 1 aromatic heterocycles. The van der Waals surface area contributed by atoms with Crippen LogP contribution in [0.5, 0.6) is 0 Å². The van der Waals surface area contributed by atoms with Crippen LogP contribution in [-0.4, -0.2) is 49.6 Å². The average molecular weight is 664 g/mol. The number of rotatable bonds is 13. The predicted octanol–water partition coefficient (Wildman–Crippen LogP) is 6.44. The number of nitrogens with one attached hydrogen (secondary N) is 1. The summed E-state index contributed by atoms with van der Waals surface area (Å²) < 4.78 is 41.5. The van der Waals surface area contributed by atoms with Gasteiger partial charge in [-0.2, -0.15) is 0 Å². The molecule has 0 bridgehead atoms. The molecule has 48 heavy (non-hydrogen) atoms. The molecule has 0 radical (unpaired) electrons. The van der Waals surface area contributed by atoms with Gasteiger partial charge in [-0.3, -0.25) is 4.98 Å². The average Bonchev–Trinajstić information content (AvgIpc) is 3.14.